The highest BCUT2D eigenvalue weighted by Crippen LogP contribution is 2.24. The minimum absolute atomic E-state index is 0.0896. The third kappa shape index (κ3) is 3.07. The Morgan fingerprint density at radius 3 is 3.05 bits per heavy atom. The van der Waals surface area contributed by atoms with Crippen LogP contribution in [0.4, 0.5) is 10.5 Å². The second-order valence-electron chi connectivity index (χ2n) is 5.17. The average molecular weight is 350 g/mol. The van der Waals surface area contributed by atoms with Gasteiger partial charge in [0.1, 0.15) is 0 Å². The summed E-state index contributed by atoms with van der Waals surface area (Å²) in [6.45, 7) is 3.43. The Morgan fingerprint density at radius 1 is 1.48 bits per heavy atom. The number of carbonyl (C=O) groups excluding carboxylic acids is 1. The zero-order chi connectivity index (χ0) is 14.8. The van der Waals surface area contributed by atoms with E-state index in [-0.39, 0.29) is 12.1 Å². The van der Waals surface area contributed by atoms with E-state index in [1.165, 1.54) is 0 Å². The summed E-state index contributed by atoms with van der Waals surface area (Å²) in [4.78, 5) is 18.1. The Morgan fingerprint density at radius 2 is 2.33 bits per heavy atom. The van der Waals surface area contributed by atoms with Crippen LogP contribution in [0.2, 0.25) is 0 Å². The van der Waals surface area contributed by atoms with Gasteiger partial charge in [-0.05, 0) is 40.9 Å². The lowest BCUT2D eigenvalue weighted by atomic mass is 10.3. The standard InChI is InChI=1S/C14H16BrN5O/c1-10-6-17-20(8-10)11-3-5-19(9-11)14(21)18-13-2-4-16-7-12(13)15/h2,4,6-8,11H,3,5,9H2,1H3,(H,16,18,21). The van der Waals surface area contributed by atoms with E-state index in [9.17, 15) is 4.79 Å². The number of rotatable bonds is 2. The van der Waals surface area contributed by atoms with Gasteiger partial charge in [0.05, 0.1) is 22.4 Å². The van der Waals surface area contributed by atoms with Crippen molar-refractivity contribution in [3.05, 3.63) is 40.9 Å². The molecule has 0 radical (unpaired) electrons. The summed E-state index contributed by atoms with van der Waals surface area (Å²) in [5.74, 6) is 0. The van der Waals surface area contributed by atoms with Crippen molar-refractivity contribution in [3.63, 3.8) is 0 Å². The van der Waals surface area contributed by atoms with Crippen molar-refractivity contribution in [2.75, 3.05) is 18.4 Å². The summed E-state index contributed by atoms with van der Waals surface area (Å²) in [6, 6.07) is 1.94. The maximum Gasteiger partial charge on any atom is 0.321 e. The molecule has 0 spiro atoms. The summed E-state index contributed by atoms with van der Waals surface area (Å²) in [5.41, 5.74) is 1.87. The highest BCUT2D eigenvalue weighted by atomic mass is 79.9. The Kier molecular flexibility index (Phi) is 3.92. The van der Waals surface area contributed by atoms with Crippen molar-refractivity contribution in [3.8, 4) is 0 Å². The van der Waals surface area contributed by atoms with Crippen molar-refractivity contribution < 1.29 is 4.79 Å². The molecule has 1 unspecified atom stereocenters. The molecule has 0 aromatic carbocycles. The largest absolute Gasteiger partial charge is 0.322 e. The zero-order valence-electron chi connectivity index (χ0n) is 11.7. The Bertz CT molecular complexity index is 656. The maximum absolute atomic E-state index is 12.3. The molecule has 7 heteroatoms. The van der Waals surface area contributed by atoms with Crippen molar-refractivity contribution in [1.82, 2.24) is 19.7 Å². The minimum Gasteiger partial charge on any atom is -0.322 e. The van der Waals surface area contributed by atoms with Crippen LogP contribution in [0.15, 0.2) is 35.3 Å². The van der Waals surface area contributed by atoms with Gasteiger partial charge in [0.25, 0.3) is 0 Å². The molecule has 0 bridgehead atoms. The monoisotopic (exact) mass is 349 g/mol. The number of aromatic nitrogens is 3. The van der Waals surface area contributed by atoms with Crippen molar-refractivity contribution in [2.45, 2.75) is 19.4 Å². The van der Waals surface area contributed by atoms with Gasteiger partial charge in [-0.2, -0.15) is 5.10 Å². The number of aryl methyl sites for hydroxylation is 1. The van der Waals surface area contributed by atoms with Gasteiger partial charge < -0.3 is 10.2 Å². The molecule has 2 amide bonds. The Balaban J connectivity index is 1.63. The summed E-state index contributed by atoms with van der Waals surface area (Å²) < 4.78 is 2.72. The molecule has 3 rings (SSSR count). The number of nitrogens with one attached hydrogen (secondary N) is 1. The number of nitrogens with zero attached hydrogens (tertiary/aromatic N) is 4. The lowest BCUT2D eigenvalue weighted by Crippen LogP contribution is -2.33. The van der Waals surface area contributed by atoms with Gasteiger partial charge in [-0.3, -0.25) is 9.67 Å². The molecule has 1 aliphatic heterocycles. The molecule has 2 aromatic rings. The second kappa shape index (κ2) is 5.85. The highest BCUT2D eigenvalue weighted by molar-refractivity contribution is 9.10. The molecule has 6 nitrogen and oxygen atoms in total. The van der Waals surface area contributed by atoms with E-state index < -0.39 is 0 Å². The number of likely N-dealkylation sites (tertiary alicyclic amines) is 1. The summed E-state index contributed by atoms with van der Waals surface area (Å²) in [7, 11) is 0. The summed E-state index contributed by atoms with van der Waals surface area (Å²) in [5, 5.41) is 7.23. The fraction of sp³-hybridized carbons (Fsp3) is 0.357. The normalized spacial score (nSPS) is 18.0. The molecular formula is C14H16BrN5O. The molecule has 0 aliphatic carbocycles. The zero-order valence-corrected chi connectivity index (χ0v) is 13.2. The predicted molar refractivity (Wildman–Crippen MR) is 83.1 cm³/mol. The third-order valence-electron chi connectivity index (χ3n) is 3.57. The number of carbonyl (C=O) groups is 1. The molecule has 1 atom stereocenters. The first-order valence-electron chi connectivity index (χ1n) is 6.79. The van der Waals surface area contributed by atoms with Gasteiger partial charge in [0, 0.05) is 31.7 Å². The SMILES string of the molecule is Cc1cnn(C2CCN(C(=O)Nc3ccncc3Br)C2)c1. The first kappa shape index (κ1) is 14.1. The molecule has 2 aromatic heterocycles. The van der Waals surface area contributed by atoms with E-state index in [2.05, 4.69) is 31.3 Å². The lowest BCUT2D eigenvalue weighted by molar-refractivity contribution is 0.220. The van der Waals surface area contributed by atoms with E-state index in [4.69, 9.17) is 0 Å². The van der Waals surface area contributed by atoms with Crippen LogP contribution in [0.5, 0.6) is 0 Å². The fourth-order valence-electron chi connectivity index (χ4n) is 2.45. The molecular weight excluding hydrogens is 334 g/mol. The van der Waals surface area contributed by atoms with Gasteiger partial charge in [-0.1, -0.05) is 0 Å². The van der Waals surface area contributed by atoms with Gasteiger partial charge in [-0.25, -0.2) is 4.79 Å². The maximum atomic E-state index is 12.3. The molecule has 1 aliphatic rings. The quantitative estimate of drug-likeness (QED) is 0.906. The second-order valence-corrected chi connectivity index (χ2v) is 6.03. The van der Waals surface area contributed by atoms with Crippen molar-refractivity contribution in [2.24, 2.45) is 0 Å². The van der Waals surface area contributed by atoms with Crippen LogP contribution < -0.4 is 5.32 Å². The molecule has 21 heavy (non-hydrogen) atoms. The number of hydrogen-bond acceptors (Lipinski definition) is 3. The van der Waals surface area contributed by atoms with E-state index in [0.29, 0.717) is 6.54 Å². The van der Waals surface area contributed by atoms with E-state index >= 15 is 0 Å². The Labute approximate surface area is 131 Å². The van der Waals surface area contributed by atoms with Crippen LogP contribution in [-0.2, 0) is 0 Å². The first-order chi connectivity index (χ1) is 10.1. The average Bonchev–Trinajstić information content (AvgIpc) is 3.10. The van der Waals surface area contributed by atoms with E-state index in [1.807, 2.05) is 28.9 Å². The van der Waals surface area contributed by atoms with Crippen LogP contribution >= 0.6 is 15.9 Å². The number of urea groups is 1. The fourth-order valence-corrected chi connectivity index (χ4v) is 2.80. The first-order valence-corrected chi connectivity index (χ1v) is 7.59. The van der Waals surface area contributed by atoms with Crippen LogP contribution in [0.25, 0.3) is 0 Å². The molecule has 3 heterocycles. The molecule has 0 saturated carbocycles. The topological polar surface area (TPSA) is 63.1 Å². The van der Waals surface area contributed by atoms with Gasteiger partial charge in [0.15, 0.2) is 0 Å². The molecule has 1 N–H and O–H groups in total. The van der Waals surface area contributed by atoms with E-state index in [1.54, 1.807) is 18.5 Å². The van der Waals surface area contributed by atoms with Crippen LogP contribution in [-0.4, -0.2) is 38.8 Å². The number of anilines is 1. The minimum atomic E-state index is -0.0896. The van der Waals surface area contributed by atoms with Crippen LogP contribution in [0, 0.1) is 6.92 Å². The number of pyridine rings is 1. The van der Waals surface area contributed by atoms with Gasteiger partial charge in [-0.15, -0.1) is 0 Å². The lowest BCUT2D eigenvalue weighted by Gasteiger charge is -2.18. The number of halogens is 1. The van der Waals surface area contributed by atoms with E-state index in [0.717, 1.165) is 28.7 Å². The Hall–Kier alpha value is -1.89. The summed E-state index contributed by atoms with van der Waals surface area (Å²) in [6.07, 6.45) is 8.10. The van der Waals surface area contributed by atoms with Crippen molar-refractivity contribution in [1.29, 1.82) is 0 Å². The molecule has 110 valence electrons. The van der Waals surface area contributed by atoms with Crippen LogP contribution in [0.1, 0.15) is 18.0 Å². The van der Waals surface area contributed by atoms with Gasteiger partial charge in [0.2, 0.25) is 0 Å². The van der Waals surface area contributed by atoms with Crippen molar-refractivity contribution >= 4 is 27.6 Å². The van der Waals surface area contributed by atoms with Gasteiger partial charge >= 0.3 is 6.03 Å². The molecule has 1 saturated heterocycles. The summed E-state index contributed by atoms with van der Waals surface area (Å²) >= 11 is 3.37. The smallest absolute Gasteiger partial charge is 0.321 e. The number of amides is 2. The predicted octanol–water partition coefficient (Wildman–Crippen LogP) is 2.83. The van der Waals surface area contributed by atoms with Crippen LogP contribution in [0.3, 0.4) is 0 Å². The number of hydrogen-bond donors (Lipinski definition) is 1. The molecule has 1 fully saturated rings. The highest BCUT2D eigenvalue weighted by Gasteiger charge is 2.28. The third-order valence-corrected chi connectivity index (χ3v) is 4.20.